The van der Waals surface area contributed by atoms with Crippen LogP contribution < -0.4 is 0 Å². The van der Waals surface area contributed by atoms with Crippen molar-refractivity contribution in [2.45, 2.75) is 39.7 Å². The lowest BCUT2D eigenvalue weighted by molar-refractivity contribution is 0.154. The molecule has 0 spiro atoms. The Labute approximate surface area is 146 Å². The first-order valence-electron chi connectivity index (χ1n) is 9.40. The van der Waals surface area contributed by atoms with Gasteiger partial charge in [0.25, 0.3) is 0 Å². The van der Waals surface area contributed by atoms with Gasteiger partial charge in [0.15, 0.2) is 0 Å². The van der Waals surface area contributed by atoms with Gasteiger partial charge in [-0.2, -0.15) is 0 Å². The van der Waals surface area contributed by atoms with E-state index in [0.29, 0.717) is 6.04 Å². The highest BCUT2D eigenvalue weighted by Gasteiger charge is 2.21. The van der Waals surface area contributed by atoms with E-state index in [-0.39, 0.29) is 0 Å². The van der Waals surface area contributed by atoms with Gasteiger partial charge in [0.2, 0.25) is 0 Å². The molecule has 1 saturated heterocycles. The van der Waals surface area contributed by atoms with E-state index >= 15 is 0 Å². The van der Waals surface area contributed by atoms with Crippen molar-refractivity contribution in [3.8, 4) is 0 Å². The molecule has 1 aliphatic heterocycles. The molecule has 3 heterocycles. The maximum Gasteiger partial charge on any atom is 0.0517 e. The molecule has 4 heteroatoms. The number of hydrogen-bond donors (Lipinski definition) is 0. The van der Waals surface area contributed by atoms with Crippen LogP contribution in [-0.4, -0.2) is 59.1 Å². The molecule has 24 heavy (non-hydrogen) atoms. The van der Waals surface area contributed by atoms with Crippen molar-refractivity contribution in [1.82, 2.24) is 19.4 Å². The van der Waals surface area contributed by atoms with Crippen molar-refractivity contribution in [2.24, 2.45) is 5.92 Å². The molecule has 0 bridgehead atoms. The molecule has 2 aromatic rings. The SMILES string of the molecule is CCN(CC1CCN(C)CC1)CC(C)n1cc(C)c2cnccc21. The van der Waals surface area contributed by atoms with E-state index in [1.807, 2.05) is 12.4 Å². The summed E-state index contributed by atoms with van der Waals surface area (Å²) >= 11 is 0. The first-order valence-corrected chi connectivity index (χ1v) is 9.40. The van der Waals surface area contributed by atoms with Crippen LogP contribution in [0.2, 0.25) is 0 Å². The van der Waals surface area contributed by atoms with E-state index in [0.717, 1.165) is 19.0 Å². The normalized spacial score (nSPS) is 18.5. The third kappa shape index (κ3) is 3.81. The van der Waals surface area contributed by atoms with Crippen LogP contribution in [0.5, 0.6) is 0 Å². The molecular formula is C20H32N4. The fourth-order valence-corrected chi connectivity index (χ4v) is 4.03. The molecule has 0 aromatic carbocycles. The third-order valence-electron chi connectivity index (χ3n) is 5.63. The summed E-state index contributed by atoms with van der Waals surface area (Å²) in [5, 5.41) is 1.28. The second-order valence-electron chi connectivity index (χ2n) is 7.56. The zero-order chi connectivity index (χ0) is 17.1. The van der Waals surface area contributed by atoms with Crippen LogP contribution in [0.3, 0.4) is 0 Å². The number of fused-ring (bicyclic) bond motifs is 1. The van der Waals surface area contributed by atoms with E-state index in [2.05, 4.69) is 59.4 Å². The number of aromatic nitrogens is 2. The number of pyridine rings is 1. The number of aryl methyl sites for hydroxylation is 1. The van der Waals surface area contributed by atoms with Gasteiger partial charge in [0, 0.05) is 43.1 Å². The highest BCUT2D eigenvalue weighted by atomic mass is 15.2. The summed E-state index contributed by atoms with van der Waals surface area (Å²) in [5.74, 6) is 0.862. The molecule has 1 atom stereocenters. The number of nitrogens with zero attached hydrogens (tertiary/aromatic N) is 4. The van der Waals surface area contributed by atoms with Gasteiger partial charge in [-0.3, -0.25) is 4.98 Å². The summed E-state index contributed by atoms with van der Waals surface area (Å²) in [6.45, 7) is 12.8. The summed E-state index contributed by atoms with van der Waals surface area (Å²) < 4.78 is 2.43. The van der Waals surface area contributed by atoms with Crippen LogP contribution in [0, 0.1) is 12.8 Å². The highest BCUT2D eigenvalue weighted by Crippen LogP contribution is 2.24. The second-order valence-corrected chi connectivity index (χ2v) is 7.56. The van der Waals surface area contributed by atoms with Gasteiger partial charge in [-0.15, -0.1) is 0 Å². The minimum absolute atomic E-state index is 0.481. The van der Waals surface area contributed by atoms with Crippen molar-refractivity contribution in [2.75, 3.05) is 39.8 Å². The molecule has 1 aliphatic rings. The Kier molecular flexibility index (Phi) is 5.57. The van der Waals surface area contributed by atoms with Crippen LogP contribution in [0.1, 0.15) is 38.3 Å². The van der Waals surface area contributed by atoms with E-state index in [1.54, 1.807) is 0 Å². The fourth-order valence-electron chi connectivity index (χ4n) is 4.03. The van der Waals surface area contributed by atoms with Crippen LogP contribution in [-0.2, 0) is 0 Å². The summed E-state index contributed by atoms with van der Waals surface area (Å²) in [6, 6.07) is 2.63. The van der Waals surface area contributed by atoms with Gasteiger partial charge in [-0.25, -0.2) is 0 Å². The molecule has 0 N–H and O–H groups in total. The maximum absolute atomic E-state index is 4.28. The molecule has 3 rings (SSSR count). The molecule has 0 radical (unpaired) electrons. The van der Waals surface area contributed by atoms with E-state index in [1.165, 1.54) is 48.9 Å². The lowest BCUT2D eigenvalue weighted by Gasteiger charge is -2.34. The van der Waals surface area contributed by atoms with Crippen molar-refractivity contribution in [3.05, 3.63) is 30.2 Å². The average molecular weight is 329 g/mol. The van der Waals surface area contributed by atoms with Gasteiger partial charge in [0.1, 0.15) is 0 Å². The molecule has 1 fully saturated rings. The minimum Gasteiger partial charge on any atom is -0.343 e. The molecule has 0 aliphatic carbocycles. The number of piperidine rings is 1. The van der Waals surface area contributed by atoms with Crippen LogP contribution in [0.25, 0.3) is 10.9 Å². The number of likely N-dealkylation sites (N-methyl/N-ethyl adjacent to an activating group) is 1. The lowest BCUT2D eigenvalue weighted by Crippen LogP contribution is -2.38. The van der Waals surface area contributed by atoms with E-state index in [9.17, 15) is 0 Å². The predicted octanol–water partition coefficient (Wildman–Crippen LogP) is 3.57. The second kappa shape index (κ2) is 7.66. The van der Waals surface area contributed by atoms with E-state index in [4.69, 9.17) is 0 Å². The van der Waals surface area contributed by atoms with Gasteiger partial charge in [-0.1, -0.05) is 6.92 Å². The Hall–Kier alpha value is -1.39. The Morgan fingerprint density at radius 1 is 1.33 bits per heavy atom. The monoisotopic (exact) mass is 328 g/mol. The number of hydrogen-bond acceptors (Lipinski definition) is 3. The Morgan fingerprint density at radius 2 is 2.08 bits per heavy atom. The molecule has 1 unspecified atom stereocenters. The topological polar surface area (TPSA) is 24.3 Å². The first-order chi connectivity index (χ1) is 11.6. The molecule has 0 amide bonds. The average Bonchev–Trinajstić information content (AvgIpc) is 2.93. The predicted molar refractivity (Wildman–Crippen MR) is 102 cm³/mol. The highest BCUT2D eigenvalue weighted by molar-refractivity contribution is 5.82. The summed E-state index contributed by atoms with van der Waals surface area (Å²) in [7, 11) is 2.24. The van der Waals surface area contributed by atoms with Crippen LogP contribution in [0.4, 0.5) is 0 Å². The van der Waals surface area contributed by atoms with E-state index < -0.39 is 0 Å². The molecule has 132 valence electrons. The molecular weight excluding hydrogens is 296 g/mol. The minimum atomic E-state index is 0.481. The third-order valence-corrected chi connectivity index (χ3v) is 5.63. The van der Waals surface area contributed by atoms with Gasteiger partial charge in [0.05, 0.1) is 5.52 Å². The standard InChI is InChI=1S/C20H32N4/c1-5-23(15-18-7-10-22(4)11-8-18)14-17(3)24-13-16(2)19-12-21-9-6-20(19)24/h6,9,12-13,17-18H,5,7-8,10-11,14-15H2,1-4H3. The first kappa shape index (κ1) is 17.4. The zero-order valence-electron chi connectivity index (χ0n) is 15.7. The Balaban J connectivity index is 1.66. The van der Waals surface area contributed by atoms with Crippen molar-refractivity contribution < 1.29 is 0 Å². The van der Waals surface area contributed by atoms with Crippen molar-refractivity contribution >= 4 is 10.9 Å². The summed E-state index contributed by atoms with van der Waals surface area (Å²) in [4.78, 5) is 9.38. The van der Waals surface area contributed by atoms with Crippen molar-refractivity contribution in [3.63, 3.8) is 0 Å². The quantitative estimate of drug-likeness (QED) is 0.810. The molecule has 4 nitrogen and oxygen atoms in total. The molecule has 0 saturated carbocycles. The fraction of sp³-hybridized carbons (Fsp3) is 0.650. The van der Waals surface area contributed by atoms with Crippen LogP contribution >= 0.6 is 0 Å². The smallest absolute Gasteiger partial charge is 0.0517 e. The molecule has 2 aromatic heterocycles. The number of likely N-dealkylation sites (tertiary alicyclic amines) is 1. The number of rotatable bonds is 6. The Bertz CT molecular complexity index is 655. The van der Waals surface area contributed by atoms with Crippen molar-refractivity contribution in [1.29, 1.82) is 0 Å². The van der Waals surface area contributed by atoms with Gasteiger partial charge >= 0.3 is 0 Å². The Morgan fingerprint density at radius 3 is 2.79 bits per heavy atom. The van der Waals surface area contributed by atoms with Crippen LogP contribution in [0.15, 0.2) is 24.7 Å². The summed E-state index contributed by atoms with van der Waals surface area (Å²) in [6.07, 6.45) is 8.88. The maximum atomic E-state index is 4.28. The zero-order valence-corrected chi connectivity index (χ0v) is 15.7. The lowest BCUT2D eigenvalue weighted by atomic mass is 9.96. The summed E-state index contributed by atoms with van der Waals surface area (Å²) in [5.41, 5.74) is 2.63. The van der Waals surface area contributed by atoms with Gasteiger partial charge in [-0.05, 0) is 70.9 Å². The van der Waals surface area contributed by atoms with Gasteiger partial charge < -0.3 is 14.4 Å². The largest absolute Gasteiger partial charge is 0.343 e.